The van der Waals surface area contributed by atoms with E-state index in [0.29, 0.717) is 0 Å². The van der Waals surface area contributed by atoms with Crippen molar-refractivity contribution in [3.05, 3.63) is 157 Å². The van der Waals surface area contributed by atoms with Crippen molar-refractivity contribution >= 4 is 68.3 Å². The average molecular weight is 639 g/mol. The Bertz CT molecular complexity index is 2330. The van der Waals surface area contributed by atoms with Gasteiger partial charge in [0.15, 0.2) is 0 Å². The quantitative estimate of drug-likeness (QED) is 0.131. The average Bonchev–Trinajstić information content (AvgIpc) is 3.39. The second-order valence-corrected chi connectivity index (χ2v) is 13.8. The summed E-state index contributed by atoms with van der Waals surface area (Å²) in [7, 11) is 0. The molecule has 2 heteroatoms. The van der Waals surface area contributed by atoms with Crippen molar-refractivity contribution in [3.8, 4) is 33.4 Å². The lowest BCUT2D eigenvalue weighted by Crippen LogP contribution is -2.27. The zero-order valence-electron chi connectivity index (χ0n) is 26.1. The van der Waals surface area contributed by atoms with Crippen LogP contribution in [0.25, 0.3) is 76.5 Å². The summed E-state index contributed by atoms with van der Waals surface area (Å²) < 4.78 is 0. The van der Waals surface area contributed by atoms with Gasteiger partial charge >= 0.3 is 0 Å². The molecule has 1 aliphatic carbocycles. The van der Waals surface area contributed by atoms with Gasteiger partial charge in [-0.1, -0.05) is 121 Å². The standard InChI is InChI=1S/C45H34S2/c46-23-21-45(22-24-47)43-27-31(41-25-29-9-1-3-11-33(29)35-13-5-7-15-37(35)41)17-19-39(43)40-20-18-32(28-44(40)45)42-26-30-10-2-4-12-34(30)36-14-6-8-16-38(36)42/h1-20,25-28,46-47H,21-24H2. The Morgan fingerprint density at radius 1 is 0.362 bits per heavy atom. The van der Waals surface area contributed by atoms with E-state index < -0.39 is 0 Å². The van der Waals surface area contributed by atoms with E-state index in [1.165, 1.54) is 87.6 Å². The fourth-order valence-electron chi connectivity index (χ4n) is 8.46. The fraction of sp³-hybridized carbons (Fsp3) is 0.111. The van der Waals surface area contributed by atoms with Gasteiger partial charge in [0.2, 0.25) is 0 Å². The first kappa shape index (κ1) is 28.7. The Hall–Kier alpha value is -4.50. The summed E-state index contributed by atoms with van der Waals surface area (Å²) >= 11 is 9.74. The van der Waals surface area contributed by atoms with Gasteiger partial charge in [-0.2, -0.15) is 25.3 Å². The summed E-state index contributed by atoms with van der Waals surface area (Å²) in [5, 5.41) is 10.3. The van der Waals surface area contributed by atoms with E-state index >= 15 is 0 Å². The van der Waals surface area contributed by atoms with Crippen molar-refractivity contribution in [1.82, 2.24) is 0 Å². The minimum Gasteiger partial charge on any atom is -0.179 e. The van der Waals surface area contributed by atoms with E-state index in [0.717, 1.165) is 24.3 Å². The molecule has 0 heterocycles. The van der Waals surface area contributed by atoms with Gasteiger partial charge in [0.1, 0.15) is 0 Å². The predicted octanol–water partition coefficient (Wildman–Crippen LogP) is 12.5. The third-order valence-corrected chi connectivity index (χ3v) is 11.0. The van der Waals surface area contributed by atoms with Crippen molar-refractivity contribution in [3.63, 3.8) is 0 Å². The molecule has 47 heavy (non-hydrogen) atoms. The lowest BCUT2D eigenvalue weighted by Gasteiger charge is -2.32. The topological polar surface area (TPSA) is 0 Å². The summed E-state index contributed by atoms with van der Waals surface area (Å²) in [6.45, 7) is 0. The smallest absolute Gasteiger partial charge is 0.0231 e. The Morgan fingerprint density at radius 3 is 1.17 bits per heavy atom. The highest BCUT2D eigenvalue weighted by Gasteiger charge is 2.42. The molecule has 0 atom stereocenters. The summed E-state index contributed by atoms with van der Waals surface area (Å²) in [6, 6.07) is 54.3. The molecule has 0 spiro atoms. The molecular weight excluding hydrogens is 605 g/mol. The molecule has 8 aromatic carbocycles. The van der Waals surface area contributed by atoms with Crippen LogP contribution in [-0.4, -0.2) is 11.5 Å². The Morgan fingerprint density at radius 2 is 0.745 bits per heavy atom. The molecule has 0 radical (unpaired) electrons. The second-order valence-electron chi connectivity index (χ2n) is 12.9. The first-order chi connectivity index (χ1) is 23.2. The van der Waals surface area contributed by atoms with Crippen LogP contribution in [0.4, 0.5) is 0 Å². The first-order valence-electron chi connectivity index (χ1n) is 16.5. The van der Waals surface area contributed by atoms with E-state index in [9.17, 15) is 0 Å². The second kappa shape index (κ2) is 11.3. The predicted molar refractivity (Wildman–Crippen MR) is 210 cm³/mol. The SMILES string of the molecule is SCCC1(CCS)c2cc(-c3cc4ccccc4c4ccccc34)ccc2-c2ccc(-c3cc4ccccc4c4ccccc34)cc21. The molecule has 0 nitrogen and oxygen atoms in total. The number of thiol groups is 2. The van der Waals surface area contributed by atoms with Crippen LogP contribution >= 0.6 is 25.3 Å². The number of hydrogen-bond donors (Lipinski definition) is 2. The normalized spacial score (nSPS) is 13.4. The molecule has 0 saturated heterocycles. The van der Waals surface area contributed by atoms with Crippen LogP contribution in [0.2, 0.25) is 0 Å². The molecule has 9 rings (SSSR count). The molecule has 0 amide bonds. The third kappa shape index (κ3) is 4.39. The highest BCUT2D eigenvalue weighted by molar-refractivity contribution is 7.80. The Balaban J connectivity index is 1.27. The van der Waals surface area contributed by atoms with Crippen LogP contribution in [0.15, 0.2) is 146 Å². The summed E-state index contributed by atoms with van der Waals surface area (Å²) in [5.41, 5.74) is 10.4. The van der Waals surface area contributed by atoms with Gasteiger partial charge in [-0.15, -0.1) is 0 Å². The molecule has 0 aromatic heterocycles. The minimum absolute atomic E-state index is 0.167. The maximum Gasteiger partial charge on any atom is 0.0231 e. The first-order valence-corrected chi connectivity index (χ1v) is 17.8. The van der Waals surface area contributed by atoms with Crippen molar-refractivity contribution in [2.45, 2.75) is 18.3 Å². The Labute approximate surface area is 286 Å². The van der Waals surface area contributed by atoms with Crippen LogP contribution in [0.3, 0.4) is 0 Å². The summed E-state index contributed by atoms with van der Waals surface area (Å²) in [4.78, 5) is 0. The van der Waals surface area contributed by atoms with Gasteiger partial charge in [0.25, 0.3) is 0 Å². The fourth-order valence-corrected chi connectivity index (χ4v) is 9.23. The van der Waals surface area contributed by atoms with E-state index in [-0.39, 0.29) is 5.41 Å². The number of hydrogen-bond acceptors (Lipinski definition) is 2. The number of fused-ring (bicyclic) bond motifs is 9. The van der Waals surface area contributed by atoms with E-state index in [1.54, 1.807) is 0 Å². The highest BCUT2D eigenvalue weighted by Crippen LogP contribution is 2.55. The van der Waals surface area contributed by atoms with Gasteiger partial charge in [-0.25, -0.2) is 0 Å². The molecule has 0 saturated carbocycles. The molecule has 226 valence electrons. The maximum absolute atomic E-state index is 4.87. The minimum atomic E-state index is -0.167. The van der Waals surface area contributed by atoms with Gasteiger partial charge in [-0.3, -0.25) is 0 Å². The van der Waals surface area contributed by atoms with Gasteiger partial charge in [0.05, 0.1) is 0 Å². The van der Waals surface area contributed by atoms with Crippen LogP contribution in [-0.2, 0) is 5.41 Å². The van der Waals surface area contributed by atoms with Crippen molar-refractivity contribution in [2.24, 2.45) is 0 Å². The van der Waals surface area contributed by atoms with Crippen molar-refractivity contribution < 1.29 is 0 Å². The zero-order chi connectivity index (χ0) is 31.5. The maximum atomic E-state index is 4.87. The van der Waals surface area contributed by atoms with E-state index in [4.69, 9.17) is 25.3 Å². The van der Waals surface area contributed by atoms with Crippen molar-refractivity contribution in [2.75, 3.05) is 11.5 Å². The third-order valence-electron chi connectivity index (χ3n) is 10.6. The molecule has 8 aromatic rings. The van der Waals surface area contributed by atoms with Crippen molar-refractivity contribution in [1.29, 1.82) is 0 Å². The van der Waals surface area contributed by atoms with Crippen LogP contribution in [0.1, 0.15) is 24.0 Å². The lowest BCUT2D eigenvalue weighted by atomic mass is 9.72. The molecule has 1 aliphatic rings. The van der Waals surface area contributed by atoms with Gasteiger partial charge in [0, 0.05) is 5.41 Å². The van der Waals surface area contributed by atoms with Crippen LogP contribution in [0, 0.1) is 0 Å². The molecule has 0 fully saturated rings. The molecule has 0 unspecified atom stereocenters. The molecule has 0 bridgehead atoms. The van der Waals surface area contributed by atoms with Gasteiger partial charge < -0.3 is 0 Å². The monoisotopic (exact) mass is 638 g/mol. The number of benzene rings is 8. The Kier molecular flexibility index (Phi) is 6.92. The molecule has 0 N–H and O–H groups in total. The summed E-state index contributed by atoms with van der Waals surface area (Å²) in [5.74, 6) is 1.61. The number of rotatable bonds is 6. The van der Waals surface area contributed by atoms with E-state index in [1.807, 2.05) is 0 Å². The van der Waals surface area contributed by atoms with E-state index in [2.05, 4.69) is 146 Å². The van der Waals surface area contributed by atoms with Crippen LogP contribution in [0.5, 0.6) is 0 Å². The largest absolute Gasteiger partial charge is 0.179 e. The lowest BCUT2D eigenvalue weighted by molar-refractivity contribution is 0.500. The zero-order valence-corrected chi connectivity index (χ0v) is 27.9. The highest BCUT2D eigenvalue weighted by atomic mass is 32.1. The van der Waals surface area contributed by atoms with Gasteiger partial charge in [-0.05, 0) is 136 Å². The molecule has 0 aliphatic heterocycles. The molecular formula is C45H34S2. The summed E-state index contributed by atoms with van der Waals surface area (Å²) in [6.07, 6.45) is 1.92. The van der Waals surface area contributed by atoms with Crippen LogP contribution < -0.4 is 0 Å².